The van der Waals surface area contributed by atoms with Crippen LogP contribution in [0.1, 0.15) is 27.2 Å². The topological polar surface area (TPSA) is 86.0 Å². The quantitative estimate of drug-likeness (QED) is 0.903. The van der Waals surface area contributed by atoms with Crippen molar-refractivity contribution in [1.29, 1.82) is 5.26 Å². The standard InChI is InChI=1S/C15H12ClN3O2/c1-8-5-9(2)18-14(13(8)15(20)21)19-12-4-3-10(7-17)6-11(12)16/h3-6H,1-2H3,(H,18,19)(H,20,21). The molecule has 0 unspecified atom stereocenters. The molecule has 0 bridgehead atoms. The van der Waals surface area contributed by atoms with E-state index in [2.05, 4.69) is 10.3 Å². The monoisotopic (exact) mass is 301 g/mol. The van der Waals surface area contributed by atoms with Gasteiger partial charge in [0.2, 0.25) is 0 Å². The van der Waals surface area contributed by atoms with Crippen LogP contribution in [0.5, 0.6) is 0 Å². The van der Waals surface area contributed by atoms with Crippen molar-refractivity contribution in [2.75, 3.05) is 5.32 Å². The fourth-order valence-electron chi connectivity index (χ4n) is 2.01. The molecule has 0 saturated heterocycles. The van der Waals surface area contributed by atoms with Crippen LogP contribution in [0.15, 0.2) is 24.3 Å². The Morgan fingerprint density at radius 1 is 1.38 bits per heavy atom. The molecule has 0 aliphatic rings. The number of aryl methyl sites for hydroxylation is 2. The van der Waals surface area contributed by atoms with Gasteiger partial charge in [0.05, 0.1) is 22.3 Å². The van der Waals surface area contributed by atoms with Gasteiger partial charge in [-0.3, -0.25) is 0 Å². The first-order valence-electron chi connectivity index (χ1n) is 6.10. The molecule has 0 radical (unpaired) electrons. The van der Waals surface area contributed by atoms with Crippen LogP contribution in [-0.2, 0) is 0 Å². The van der Waals surface area contributed by atoms with Crippen LogP contribution in [-0.4, -0.2) is 16.1 Å². The zero-order valence-corrected chi connectivity index (χ0v) is 12.2. The zero-order chi connectivity index (χ0) is 15.6. The highest BCUT2D eigenvalue weighted by molar-refractivity contribution is 6.33. The van der Waals surface area contributed by atoms with Gasteiger partial charge in [-0.2, -0.15) is 5.26 Å². The van der Waals surface area contributed by atoms with Crippen molar-refractivity contribution in [3.8, 4) is 6.07 Å². The number of hydrogen-bond donors (Lipinski definition) is 2. The van der Waals surface area contributed by atoms with Gasteiger partial charge in [-0.05, 0) is 43.7 Å². The summed E-state index contributed by atoms with van der Waals surface area (Å²) in [5.41, 5.74) is 2.33. The third-order valence-electron chi connectivity index (χ3n) is 2.91. The number of nitrogens with zero attached hydrogens (tertiary/aromatic N) is 2. The predicted octanol–water partition coefficient (Wildman–Crippen LogP) is 3.67. The van der Waals surface area contributed by atoms with Gasteiger partial charge in [0.25, 0.3) is 0 Å². The highest BCUT2D eigenvalue weighted by Crippen LogP contribution is 2.28. The molecule has 106 valence electrons. The second-order valence-electron chi connectivity index (χ2n) is 4.54. The number of nitrogens with one attached hydrogen (secondary N) is 1. The first kappa shape index (κ1) is 14.8. The Hall–Kier alpha value is -2.58. The van der Waals surface area contributed by atoms with Crippen molar-refractivity contribution >= 4 is 29.1 Å². The first-order chi connectivity index (χ1) is 9.92. The molecule has 6 heteroatoms. The Balaban J connectivity index is 2.49. The van der Waals surface area contributed by atoms with E-state index in [1.165, 1.54) is 6.07 Å². The van der Waals surface area contributed by atoms with E-state index in [9.17, 15) is 9.90 Å². The van der Waals surface area contributed by atoms with Gasteiger partial charge in [0.1, 0.15) is 11.4 Å². The fourth-order valence-corrected chi connectivity index (χ4v) is 2.24. The molecule has 0 aliphatic carbocycles. The van der Waals surface area contributed by atoms with Crippen LogP contribution in [0.3, 0.4) is 0 Å². The minimum absolute atomic E-state index is 0.0982. The number of aromatic carboxylic acids is 1. The van der Waals surface area contributed by atoms with Gasteiger partial charge in [0, 0.05) is 5.69 Å². The van der Waals surface area contributed by atoms with Gasteiger partial charge in [-0.25, -0.2) is 9.78 Å². The minimum Gasteiger partial charge on any atom is -0.478 e. The lowest BCUT2D eigenvalue weighted by Crippen LogP contribution is -2.08. The molecule has 0 aliphatic heterocycles. The maximum absolute atomic E-state index is 11.4. The summed E-state index contributed by atoms with van der Waals surface area (Å²) in [6, 6.07) is 8.41. The highest BCUT2D eigenvalue weighted by Gasteiger charge is 2.16. The van der Waals surface area contributed by atoms with Gasteiger partial charge >= 0.3 is 5.97 Å². The van der Waals surface area contributed by atoms with Crippen molar-refractivity contribution < 1.29 is 9.90 Å². The molecular weight excluding hydrogens is 290 g/mol. The fraction of sp³-hybridized carbons (Fsp3) is 0.133. The third kappa shape index (κ3) is 3.12. The Labute approximate surface area is 126 Å². The zero-order valence-electron chi connectivity index (χ0n) is 11.4. The third-order valence-corrected chi connectivity index (χ3v) is 3.22. The van der Waals surface area contributed by atoms with Crippen LogP contribution >= 0.6 is 11.6 Å². The average molecular weight is 302 g/mol. The number of hydrogen-bond acceptors (Lipinski definition) is 4. The summed E-state index contributed by atoms with van der Waals surface area (Å²) in [6.07, 6.45) is 0. The summed E-state index contributed by atoms with van der Waals surface area (Å²) in [5, 5.41) is 21.4. The molecule has 2 N–H and O–H groups in total. The Kier molecular flexibility index (Phi) is 4.10. The van der Waals surface area contributed by atoms with E-state index in [0.717, 1.165) is 0 Å². The Morgan fingerprint density at radius 2 is 2.10 bits per heavy atom. The van der Waals surface area contributed by atoms with Crippen molar-refractivity contribution in [1.82, 2.24) is 4.98 Å². The lowest BCUT2D eigenvalue weighted by atomic mass is 10.1. The van der Waals surface area contributed by atoms with E-state index in [1.54, 1.807) is 32.0 Å². The number of pyridine rings is 1. The van der Waals surface area contributed by atoms with Gasteiger partial charge < -0.3 is 10.4 Å². The Bertz CT molecular complexity index is 766. The number of carboxylic acid groups (broad SMARTS) is 1. The SMILES string of the molecule is Cc1cc(C)c(C(=O)O)c(Nc2ccc(C#N)cc2Cl)n1. The molecule has 0 atom stereocenters. The number of halogens is 1. The molecule has 0 fully saturated rings. The molecule has 21 heavy (non-hydrogen) atoms. The number of nitriles is 1. The lowest BCUT2D eigenvalue weighted by Gasteiger charge is -2.13. The molecule has 0 saturated carbocycles. The van der Waals surface area contributed by atoms with Crippen molar-refractivity contribution in [3.05, 3.63) is 51.7 Å². The summed E-state index contributed by atoms with van der Waals surface area (Å²) in [4.78, 5) is 15.6. The first-order valence-corrected chi connectivity index (χ1v) is 6.48. The molecule has 0 spiro atoms. The van der Waals surface area contributed by atoms with E-state index in [0.29, 0.717) is 27.5 Å². The van der Waals surface area contributed by atoms with Crippen molar-refractivity contribution in [2.24, 2.45) is 0 Å². The summed E-state index contributed by atoms with van der Waals surface area (Å²) in [5.74, 6) is -0.834. The molecule has 1 heterocycles. The van der Waals surface area contributed by atoms with E-state index < -0.39 is 5.97 Å². The van der Waals surface area contributed by atoms with Crippen LogP contribution in [0, 0.1) is 25.2 Å². The Morgan fingerprint density at radius 3 is 2.67 bits per heavy atom. The van der Waals surface area contributed by atoms with Gasteiger partial charge in [0.15, 0.2) is 0 Å². The van der Waals surface area contributed by atoms with Crippen LogP contribution in [0.2, 0.25) is 5.02 Å². The highest BCUT2D eigenvalue weighted by atomic mass is 35.5. The molecule has 0 amide bonds. The van der Waals surface area contributed by atoms with E-state index >= 15 is 0 Å². The normalized spacial score (nSPS) is 10.0. The van der Waals surface area contributed by atoms with Crippen molar-refractivity contribution in [2.45, 2.75) is 13.8 Å². The summed E-state index contributed by atoms with van der Waals surface area (Å²) in [7, 11) is 0. The number of anilines is 2. The molecule has 2 rings (SSSR count). The predicted molar refractivity (Wildman–Crippen MR) is 80.1 cm³/mol. The molecule has 5 nitrogen and oxygen atoms in total. The maximum atomic E-state index is 11.4. The van der Waals surface area contributed by atoms with Crippen LogP contribution in [0.4, 0.5) is 11.5 Å². The lowest BCUT2D eigenvalue weighted by molar-refractivity contribution is 0.0697. The van der Waals surface area contributed by atoms with E-state index in [4.69, 9.17) is 16.9 Å². The molecule has 1 aromatic carbocycles. The number of carboxylic acids is 1. The molecule has 1 aromatic heterocycles. The van der Waals surface area contributed by atoms with Crippen LogP contribution < -0.4 is 5.32 Å². The van der Waals surface area contributed by atoms with Crippen molar-refractivity contribution in [3.63, 3.8) is 0 Å². The van der Waals surface area contributed by atoms with Gasteiger partial charge in [-0.15, -0.1) is 0 Å². The summed E-state index contributed by atoms with van der Waals surface area (Å²) >= 11 is 6.08. The second kappa shape index (κ2) is 5.81. The summed E-state index contributed by atoms with van der Waals surface area (Å²) < 4.78 is 0. The number of carbonyl (C=O) groups is 1. The molecular formula is C15H12ClN3O2. The smallest absolute Gasteiger partial charge is 0.339 e. The second-order valence-corrected chi connectivity index (χ2v) is 4.95. The largest absolute Gasteiger partial charge is 0.478 e. The molecule has 2 aromatic rings. The minimum atomic E-state index is -1.06. The number of benzene rings is 1. The number of aromatic nitrogens is 1. The van der Waals surface area contributed by atoms with Crippen LogP contribution in [0.25, 0.3) is 0 Å². The van der Waals surface area contributed by atoms with Gasteiger partial charge in [-0.1, -0.05) is 11.6 Å². The van der Waals surface area contributed by atoms with E-state index in [-0.39, 0.29) is 11.4 Å². The maximum Gasteiger partial charge on any atom is 0.339 e. The van der Waals surface area contributed by atoms with E-state index in [1.807, 2.05) is 6.07 Å². The average Bonchev–Trinajstić information content (AvgIpc) is 2.39. The number of rotatable bonds is 3. The summed E-state index contributed by atoms with van der Waals surface area (Å²) in [6.45, 7) is 3.49.